The maximum absolute atomic E-state index is 9.59. The van der Waals surface area contributed by atoms with E-state index in [0.717, 1.165) is 18.5 Å². The van der Waals surface area contributed by atoms with Crippen molar-refractivity contribution in [2.24, 2.45) is 0 Å². The fourth-order valence-corrected chi connectivity index (χ4v) is 1.76. The second-order valence-electron chi connectivity index (χ2n) is 3.35. The summed E-state index contributed by atoms with van der Waals surface area (Å²) < 4.78 is 0. The van der Waals surface area contributed by atoms with Gasteiger partial charge in [-0.2, -0.15) is 0 Å². The summed E-state index contributed by atoms with van der Waals surface area (Å²) in [6.45, 7) is 0.806. The van der Waals surface area contributed by atoms with Crippen LogP contribution in [0.2, 0.25) is 0 Å². The van der Waals surface area contributed by atoms with Crippen LogP contribution in [-0.2, 0) is 0 Å². The third-order valence-corrected chi connectivity index (χ3v) is 2.46. The number of aromatic hydroxyl groups is 1. The molecule has 1 aliphatic rings. The van der Waals surface area contributed by atoms with Crippen LogP contribution in [0.25, 0.3) is 0 Å². The Kier molecular flexibility index (Phi) is 3.75. The van der Waals surface area contributed by atoms with Gasteiger partial charge in [0, 0.05) is 5.56 Å². The minimum absolute atomic E-state index is 0. The van der Waals surface area contributed by atoms with E-state index in [-0.39, 0.29) is 30.3 Å². The smallest absolute Gasteiger partial charge is 0.120 e. The van der Waals surface area contributed by atoms with Crippen LogP contribution in [0.3, 0.4) is 0 Å². The Hall–Kier alpha value is -0.770. The number of rotatable bonds is 1. The van der Waals surface area contributed by atoms with Crippen molar-refractivity contribution in [1.82, 2.24) is 5.32 Å². The average molecular weight is 216 g/mol. The zero-order chi connectivity index (χ0) is 9.26. The van der Waals surface area contributed by atoms with Crippen LogP contribution in [0.5, 0.6) is 5.75 Å². The normalized spacial score (nSPS) is 25.8. The summed E-state index contributed by atoms with van der Waals surface area (Å²) in [5, 5.41) is 22.3. The van der Waals surface area contributed by atoms with Crippen molar-refractivity contribution in [3.63, 3.8) is 0 Å². The highest BCUT2D eigenvalue weighted by molar-refractivity contribution is 5.85. The summed E-state index contributed by atoms with van der Waals surface area (Å²) >= 11 is 0. The predicted molar refractivity (Wildman–Crippen MR) is 56.7 cm³/mol. The molecule has 0 bridgehead atoms. The van der Waals surface area contributed by atoms with Gasteiger partial charge < -0.3 is 15.5 Å². The topological polar surface area (TPSA) is 52.5 Å². The number of benzene rings is 1. The highest BCUT2D eigenvalue weighted by atomic mass is 35.5. The van der Waals surface area contributed by atoms with Gasteiger partial charge in [-0.05, 0) is 19.0 Å². The van der Waals surface area contributed by atoms with Crippen LogP contribution in [0.4, 0.5) is 0 Å². The SMILES string of the molecule is Cl.Oc1ccccc1C1NCCC1O. The molecule has 0 aliphatic carbocycles. The largest absolute Gasteiger partial charge is 0.508 e. The molecule has 0 radical (unpaired) electrons. The van der Waals surface area contributed by atoms with Crippen LogP contribution in [0.15, 0.2) is 24.3 Å². The molecule has 14 heavy (non-hydrogen) atoms. The fourth-order valence-electron chi connectivity index (χ4n) is 1.76. The monoisotopic (exact) mass is 215 g/mol. The Morgan fingerprint density at radius 3 is 2.57 bits per heavy atom. The summed E-state index contributed by atoms with van der Waals surface area (Å²) in [6.07, 6.45) is 0.368. The van der Waals surface area contributed by atoms with Gasteiger partial charge in [0.15, 0.2) is 0 Å². The number of aliphatic hydroxyl groups is 1. The molecule has 2 rings (SSSR count). The number of aliphatic hydroxyl groups excluding tert-OH is 1. The zero-order valence-electron chi connectivity index (χ0n) is 7.68. The number of hydrogen-bond donors (Lipinski definition) is 3. The van der Waals surface area contributed by atoms with Gasteiger partial charge in [0.05, 0.1) is 12.1 Å². The van der Waals surface area contributed by atoms with Crippen molar-refractivity contribution in [2.45, 2.75) is 18.6 Å². The van der Waals surface area contributed by atoms with Crippen LogP contribution in [0, 0.1) is 0 Å². The summed E-state index contributed by atoms with van der Waals surface area (Å²) in [5.41, 5.74) is 0.785. The molecule has 2 unspecified atom stereocenters. The van der Waals surface area contributed by atoms with Crippen LogP contribution in [0.1, 0.15) is 18.0 Å². The van der Waals surface area contributed by atoms with Gasteiger partial charge in [-0.25, -0.2) is 0 Å². The second kappa shape index (κ2) is 4.64. The summed E-state index contributed by atoms with van der Waals surface area (Å²) in [4.78, 5) is 0. The van der Waals surface area contributed by atoms with E-state index in [9.17, 15) is 10.2 Å². The molecule has 0 aromatic heterocycles. The van der Waals surface area contributed by atoms with Gasteiger partial charge in [-0.3, -0.25) is 0 Å². The number of phenols is 1. The minimum atomic E-state index is -0.381. The third kappa shape index (κ3) is 2.00. The molecule has 1 saturated heterocycles. The lowest BCUT2D eigenvalue weighted by Crippen LogP contribution is -2.20. The van der Waals surface area contributed by atoms with E-state index in [1.807, 2.05) is 12.1 Å². The maximum Gasteiger partial charge on any atom is 0.120 e. The highest BCUT2D eigenvalue weighted by Gasteiger charge is 2.27. The van der Waals surface area contributed by atoms with Crippen LogP contribution in [-0.4, -0.2) is 22.9 Å². The molecule has 4 heteroatoms. The standard InChI is InChI=1S/C10H13NO2.ClH/c12-8-4-2-1-3-7(8)10-9(13)5-6-11-10;/h1-4,9-13H,5-6H2;1H. The number of nitrogens with one attached hydrogen (secondary N) is 1. The first-order valence-corrected chi connectivity index (χ1v) is 4.48. The van der Waals surface area contributed by atoms with Crippen molar-refractivity contribution in [1.29, 1.82) is 0 Å². The number of hydrogen-bond acceptors (Lipinski definition) is 3. The van der Waals surface area contributed by atoms with Gasteiger partial charge in [0.1, 0.15) is 5.75 Å². The minimum Gasteiger partial charge on any atom is -0.508 e. The second-order valence-corrected chi connectivity index (χ2v) is 3.35. The highest BCUT2D eigenvalue weighted by Crippen LogP contribution is 2.29. The molecule has 1 aliphatic heterocycles. The fraction of sp³-hybridized carbons (Fsp3) is 0.400. The van der Waals surface area contributed by atoms with E-state index in [0.29, 0.717) is 0 Å². The van der Waals surface area contributed by atoms with Crippen molar-refractivity contribution >= 4 is 12.4 Å². The first kappa shape index (κ1) is 11.3. The van der Waals surface area contributed by atoms with E-state index in [2.05, 4.69) is 5.32 Å². The zero-order valence-corrected chi connectivity index (χ0v) is 8.50. The Bertz CT molecular complexity index is 306. The van der Waals surface area contributed by atoms with Crippen molar-refractivity contribution in [3.8, 4) is 5.75 Å². The first-order chi connectivity index (χ1) is 6.29. The maximum atomic E-state index is 9.59. The van der Waals surface area contributed by atoms with E-state index in [1.54, 1.807) is 12.1 Å². The number of halogens is 1. The van der Waals surface area contributed by atoms with Crippen molar-refractivity contribution < 1.29 is 10.2 Å². The van der Waals surface area contributed by atoms with E-state index >= 15 is 0 Å². The summed E-state index contributed by atoms with van der Waals surface area (Å²) in [6, 6.07) is 7.01. The molecule has 2 atom stereocenters. The number of phenolic OH excluding ortho intramolecular Hbond substituents is 1. The Labute approximate surface area is 89.2 Å². The van der Waals surface area contributed by atoms with E-state index < -0.39 is 0 Å². The molecule has 78 valence electrons. The molecule has 3 nitrogen and oxygen atoms in total. The Morgan fingerprint density at radius 1 is 1.29 bits per heavy atom. The van der Waals surface area contributed by atoms with Gasteiger partial charge in [-0.15, -0.1) is 12.4 Å². The predicted octanol–water partition coefficient (Wildman–Crippen LogP) is 1.21. The molecule has 3 N–H and O–H groups in total. The Balaban J connectivity index is 0.000000980. The first-order valence-electron chi connectivity index (χ1n) is 4.48. The van der Waals surface area contributed by atoms with E-state index in [1.165, 1.54) is 0 Å². The van der Waals surface area contributed by atoms with Gasteiger partial charge in [0.2, 0.25) is 0 Å². The van der Waals surface area contributed by atoms with Crippen molar-refractivity contribution in [2.75, 3.05) is 6.54 Å². The molecule has 0 spiro atoms. The lowest BCUT2D eigenvalue weighted by molar-refractivity contribution is 0.158. The van der Waals surface area contributed by atoms with Gasteiger partial charge in [0.25, 0.3) is 0 Å². The molecular weight excluding hydrogens is 202 g/mol. The molecule has 1 aromatic carbocycles. The van der Waals surface area contributed by atoms with Crippen LogP contribution >= 0.6 is 12.4 Å². The number of para-hydroxylation sites is 1. The third-order valence-electron chi connectivity index (χ3n) is 2.46. The molecule has 1 aromatic rings. The van der Waals surface area contributed by atoms with Crippen LogP contribution < -0.4 is 5.32 Å². The Morgan fingerprint density at radius 2 is 2.00 bits per heavy atom. The quantitative estimate of drug-likeness (QED) is 0.660. The molecule has 1 fully saturated rings. The van der Waals surface area contributed by atoms with Gasteiger partial charge in [-0.1, -0.05) is 18.2 Å². The van der Waals surface area contributed by atoms with E-state index in [4.69, 9.17) is 0 Å². The average Bonchev–Trinajstić information content (AvgIpc) is 2.52. The summed E-state index contributed by atoms with van der Waals surface area (Å²) in [5.74, 6) is 0.251. The lowest BCUT2D eigenvalue weighted by Gasteiger charge is -2.15. The van der Waals surface area contributed by atoms with Crippen molar-refractivity contribution in [3.05, 3.63) is 29.8 Å². The molecule has 1 heterocycles. The summed E-state index contributed by atoms with van der Waals surface area (Å²) in [7, 11) is 0. The molecule has 0 amide bonds. The molecular formula is C10H14ClNO2. The molecule has 0 saturated carbocycles. The lowest BCUT2D eigenvalue weighted by atomic mass is 10.0. The van der Waals surface area contributed by atoms with Gasteiger partial charge >= 0.3 is 0 Å².